The van der Waals surface area contributed by atoms with Gasteiger partial charge in [-0.25, -0.2) is 0 Å². The second-order valence-corrected chi connectivity index (χ2v) is 6.98. The van der Waals surface area contributed by atoms with Crippen molar-refractivity contribution in [2.75, 3.05) is 19.8 Å². The average molecular weight is 287 g/mol. The molecule has 0 atom stereocenters. The Bertz CT molecular complexity index is 518. The lowest BCUT2D eigenvalue weighted by molar-refractivity contribution is 0.131. The van der Waals surface area contributed by atoms with Crippen molar-refractivity contribution < 1.29 is 9.47 Å². The van der Waals surface area contributed by atoms with Gasteiger partial charge >= 0.3 is 0 Å². The van der Waals surface area contributed by atoms with Crippen LogP contribution in [0.2, 0.25) is 0 Å². The molecule has 3 heteroatoms. The van der Waals surface area contributed by atoms with E-state index in [0.717, 1.165) is 30.0 Å². The standard InChI is InChI=1S/C18H25NO2/c1-2-13-10-18(11-13,12-19-15-4-5-15)14-3-6-16-17(9-14)21-8-7-20-16/h3,6,9,13,15,19H,2,4-5,7-8,10-12H2,1H3. The molecule has 0 saturated heterocycles. The molecule has 1 heterocycles. The molecule has 3 nitrogen and oxygen atoms in total. The molecule has 1 aromatic carbocycles. The van der Waals surface area contributed by atoms with Crippen LogP contribution in [0.15, 0.2) is 18.2 Å². The van der Waals surface area contributed by atoms with E-state index in [0.29, 0.717) is 18.6 Å². The Kier molecular flexibility index (Phi) is 3.33. The van der Waals surface area contributed by atoms with E-state index in [1.807, 2.05) is 0 Å². The van der Waals surface area contributed by atoms with Crippen LogP contribution in [0, 0.1) is 5.92 Å². The van der Waals surface area contributed by atoms with Crippen LogP contribution in [0.4, 0.5) is 0 Å². The molecule has 1 aromatic rings. The first-order valence-electron chi connectivity index (χ1n) is 8.42. The fourth-order valence-electron chi connectivity index (χ4n) is 3.82. The van der Waals surface area contributed by atoms with Crippen LogP contribution in [0.25, 0.3) is 0 Å². The molecule has 114 valence electrons. The summed E-state index contributed by atoms with van der Waals surface area (Å²) in [5.74, 6) is 2.73. The summed E-state index contributed by atoms with van der Waals surface area (Å²) < 4.78 is 11.4. The zero-order chi connectivity index (χ0) is 14.3. The van der Waals surface area contributed by atoms with Gasteiger partial charge in [-0.05, 0) is 49.3 Å². The minimum Gasteiger partial charge on any atom is -0.486 e. The van der Waals surface area contributed by atoms with Gasteiger partial charge in [-0.2, -0.15) is 0 Å². The lowest BCUT2D eigenvalue weighted by Crippen LogP contribution is -2.49. The molecule has 0 aromatic heterocycles. The fourth-order valence-corrected chi connectivity index (χ4v) is 3.82. The largest absolute Gasteiger partial charge is 0.486 e. The van der Waals surface area contributed by atoms with Crippen LogP contribution in [0.5, 0.6) is 11.5 Å². The van der Waals surface area contributed by atoms with Gasteiger partial charge in [0, 0.05) is 18.0 Å². The molecule has 0 bridgehead atoms. The van der Waals surface area contributed by atoms with Crippen molar-refractivity contribution >= 4 is 0 Å². The van der Waals surface area contributed by atoms with Crippen molar-refractivity contribution in [3.63, 3.8) is 0 Å². The maximum absolute atomic E-state index is 5.77. The summed E-state index contributed by atoms with van der Waals surface area (Å²) in [5.41, 5.74) is 1.75. The lowest BCUT2D eigenvalue weighted by Gasteiger charge is -2.49. The van der Waals surface area contributed by atoms with Crippen LogP contribution in [0.1, 0.15) is 44.6 Å². The van der Waals surface area contributed by atoms with Crippen LogP contribution in [-0.2, 0) is 5.41 Å². The minimum absolute atomic E-state index is 0.319. The molecule has 0 amide bonds. The number of hydrogen-bond donors (Lipinski definition) is 1. The monoisotopic (exact) mass is 287 g/mol. The van der Waals surface area contributed by atoms with E-state index >= 15 is 0 Å². The predicted octanol–water partition coefficient (Wildman–Crippen LogP) is 3.27. The van der Waals surface area contributed by atoms with Gasteiger partial charge in [-0.3, -0.25) is 0 Å². The maximum atomic E-state index is 5.77. The molecule has 0 spiro atoms. The van der Waals surface area contributed by atoms with Gasteiger partial charge in [0.1, 0.15) is 13.2 Å². The molecule has 3 aliphatic rings. The topological polar surface area (TPSA) is 30.5 Å². The van der Waals surface area contributed by atoms with E-state index in [-0.39, 0.29) is 0 Å². The van der Waals surface area contributed by atoms with Gasteiger partial charge in [-0.1, -0.05) is 19.4 Å². The maximum Gasteiger partial charge on any atom is 0.161 e. The molecule has 0 radical (unpaired) electrons. The summed E-state index contributed by atoms with van der Waals surface area (Å²) in [6.07, 6.45) is 6.63. The molecular weight excluding hydrogens is 262 g/mol. The molecule has 4 rings (SSSR count). The van der Waals surface area contributed by atoms with Gasteiger partial charge in [0.2, 0.25) is 0 Å². The van der Waals surface area contributed by atoms with Crippen molar-refractivity contribution in [3.8, 4) is 11.5 Å². The third-order valence-electron chi connectivity index (χ3n) is 5.40. The van der Waals surface area contributed by atoms with Crippen molar-refractivity contribution in [1.82, 2.24) is 5.32 Å². The number of benzene rings is 1. The zero-order valence-electron chi connectivity index (χ0n) is 12.9. The minimum atomic E-state index is 0.319. The summed E-state index contributed by atoms with van der Waals surface area (Å²) in [5, 5.41) is 3.75. The number of fused-ring (bicyclic) bond motifs is 1. The Hall–Kier alpha value is -1.22. The Labute approximate surface area is 127 Å². The summed E-state index contributed by atoms with van der Waals surface area (Å²) in [7, 11) is 0. The van der Waals surface area contributed by atoms with Crippen molar-refractivity contribution in [3.05, 3.63) is 23.8 Å². The number of hydrogen-bond acceptors (Lipinski definition) is 3. The Morgan fingerprint density at radius 1 is 1.14 bits per heavy atom. The third-order valence-corrected chi connectivity index (χ3v) is 5.40. The molecule has 2 fully saturated rings. The molecule has 0 unspecified atom stereocenters. The van der Waals surface area contributed by atoms with Gasteiger partial charge in [0.05, 0.1) is 0 Å². The summed E-state index contributed by atoms with van der Waals surface area (Å²) in [4.78, 5) is 0. The number of ether oxygens (including phenoxy) is 2. The van der Waals surface area contributed by atoms with E-state index < -0.39 is 0 Å². The molecule has 2 saturated carbocycles. The first kappa shape index (κ1) is 13.4. The van der Waals surface area contributed by atoms with Gasteiger partial charge in [0.15, 0.2) is 11.5 Å². The Balaban J connectivity index is 1.57. The van der Waals surface area contributed by atoms with E-state index in [9.17, 15) is 0 Å². The SMILES string of the molecule is CCC1CC(CNC2CC2)(c2ccc3c(c2)OCCO3)C1. The second-order valence-electron chi connectivity index (χ2n) is 6.98. The van der Waals surface area contributed by atoms with Crippen molar-refractivity contribution in [1.29, 1.82) is 0 Å². The summed E-state index contributed by atoms with van der Waals surface area (Å²) >= 11 is 0. The first-order valence-corrected chi connectivity index (χ1v) is 8.42. The normalized spacial score (nSPS) is 30.8. The van der Waals surface area contributed by atoms with Gasteiger partial charge < -0.3 is 14.8 Å². The molecular formula is C18H25NO2. The van der Waals surface area contributed by atoms with Crippen LogP contribution >= 0.6 is 0 Å². The highest BCUT2D eigenvalue weighted by atomic mass is 16.6. The highest BCUT2D eigenvalue weighted by Gasteiger charge is 2.45. The number of nitrogens with one attached hydrogen (secondary N) is 1. The van der Waals surface area contributed by atoms with Crippen LogP contribution in [0.3, 0.4) is 0 Å². The predicted molar refractivity (Wildman–Crippen MR) is 83.1 cm³/mol. The molecule has 21 heavy (non-hydrogen) atoms. The van der Waals surface area contributed by atoms with Gasteiger partial charge in [-0.15, -0.1) is 0 Å². The zero-order valence-corrected chi connectivity index (χ0v) is 12.9. The molecule has 1 N–H and O–H groups in total. The lowest BCUT2D eigenvalue weighted by atomic mass is 9.58. The number of rotatable bonds is 5. The van der Waals surface area contributed by atoms with Crippen molar-refractivity contribution in [2.24, 2.45) is 5.92 Å². The van der Waals surface area contributed by atoms with Gasteiger partial charge in [0.25, 0.3) is 0 Å². The average Bonchev–Trinajstić information content (AvgIpc) is 3.30. The fraction of sp³-hybridized carbons (Fsp3) is 0.667. The molecule has 2 aliphatic carbocycles. The highest BCUT2D eigenvalue weighted by molar-refractivity contribution is 5.47. The van der Waals surface area contributed by atoms with E-state index in [2.05, 4.69) is 30.4 Å². The Morgan fingerprint density at radius 3 is 2.62 bits per heavy atom. The first-order chi connectivity index (χ1) is 10.3. The van der Waals surface area contributed by atoms with Crippen LogP contribution < -0.4 is 14.8 Å². The summed E-state index contributed by atoms with van der Waals surface area (Å²) in [6.45, 7) is 4.76. The second kappa shape index (κ2) is 5.20. The van der Waals surface area contributed by atoms with E-state index in [1.165, 1.54) is 37.7 Å². The van der Waals surface area contributed by atoms with Crippen molar-refractivity contribution in [2.45, 2.75) is 50.5 Å². The van der Waals surface area contributed by atoms with Crippen LogP contribution in [-0.4, -0.2) is 25.8 Å². The quantitative estimate of drug-likeness (QED) is 0.901. The Morgan fingerprint density at radius 2 is 1.90 bits per heavy atom. The summed E-state index contributed by atoms with van der Waals surface area (Å²) in [6, 6.07) is 7.37. The smallest absolute Gasteiger partial charge is 0.161 e. The van der Waals surface area contributed by atoms with E-state index in [1.54, 1.807) is 0 Å². The molecule has 1 aliphatic heterocycles. The third kappa shape index (κ3) is 2.52. The highest BCUT2D eigenvalue weighted by Crippen LogP contribution is 2.50. The van der Waals surface area contributed by atoms with E-state index in [4.69, 9.17) is 9.47 Å².